The largest absolute Gasteiger partial charge is 0.477 e. The van der Waals surface area contributed by atoms with E-state index in [-0.39, 0.29) is 27.6 Å². The first-order valence-electron chi connectivity index (χ1n) is 7.69. The van der Waals surface area contributed by atoms with Crippen molar-refractivity contribution in [1.82, 2.24) is 0 Å². The zero-order valence-electron chi connectivity index (χ0n) is 14.4. The van der Waals surface area contributed by atoms with Crippen molar-refractivity contribution in [3.63, 3.8) is 0 Å². The predicted octanol–water partition coefficient (Wildman–Crippen LogP) is 5.45. The molecule has 0 saturated heterocycles. The molecule has 0 fully saturated rings. The topological polar surface area (TPSA) is 66.4 Å². The van der Waals surface area contributed by atoms with E-state index < -0.39 is 5.97 Å². The highest BCUT2D eigenvalue weighted by molar-refractivity contribution is 7.15. The molecule has 1 aromatic heterocycles. The Bertz CT molecular complexity index is 917. The van der Waals surface area contributed by atoms with Gasteiger partial charge in [-0.1, -0.05) is 35.0 Å². The van der Waals surface area contributed by atoms with E-state index in [2.05, 4.69) is 17.2 Å². The lowest BCUT2D eigenvalue weighted by atomic mass is 9.98. The zero-order valence-corrected chi connectivity index (χ0v) is 16.8. The Morgan fingerprint density at radius 1 is 1.23 bits per heavy atom. The van der Waals surface area contributed by atoms with Crippen LogP contribution in [0.5, 0.6) is 0 Å². The number of hydrogen-bond donors (Lipinski definition) is 2. The fraction of sp³-hybridized carbons (Fsp3) is 0.263. The number of benzene rings is 1. The van der Waals surface area contributed by atoms with Crippen LogP contribution >= 0.6 is 34.5 Å². The number of ketones is 1. The second kappa shape index (κ2) is 8.13. The Morgan fingerprint density at radius 3 is 2.50 bits per heavy atom. The minimum absolute atomic E-state index is 0.0928. The van der Waals surface area contributed by atoms with Gasteiger partial charge in [-0.2, -0.15) is 0 Å². The summed E-state index contributed by atoms with van der Waals surface area (Å²) in [5.41, 5.74) is 0.491. The third-order valence-electron chi connectivity index (χ3n) is 3.16. The van der Waals surface area contributed by atoms with Gasteiger partial charge in [0.15, 0.2) is 5.78 Å². The van der Waals surface area contributed by atoms with E-state index >= 15 is 0 Å². The Hall–Kier alpha value is -2.00. The fourth-order valence-corrected chi connectivity index (χ4v) is 3.32. The van der Waals surface area contributed by atoms with Crippen LogP contribution in [0.2, 0.25) is 10.0 Å². The van der Waals surface area contributed by atoms with Gasteiger partial charge in [-0.05, 0) is 45.0 Å². The van der Waals surface area contributed by atoms with Gasteiger partial charge in [-0.15, -0.1) is 11.3 Å². The lowest BCUT2D eigenvalue weighted by molar-refractivity contribution is 0.0702. The van der Waals surface area contributed by atoms with Gasteiger partial charge in [0.1, 0.15) is 4.88 Å². The van der Waals surface area contributed by atoms with E-state index in [1.807, 2.05) is 20.8 Å². The number of nitrogens with one attached hydrogen (secondary N) is 1. The smallest absolute Gasteiger partial charge is 0.348 e. The molecule has 1 aromatic carbocycles. The number of hydrogen-bond acceptors (Lipinski definition) is 4. The van der Waals surface area contributed by atoms with Crippen LogP contribution < -0.4 is 5.32 Å². The minimum Gasteiger partial charge on any atom is -0.477 e. The van der Waals surface area contributed by atoms with Gasteiger partial charge in [-0.25, -0.2) is 4.79 Å². The highest BCUT2D eigenvalue weighted by Gasteiger charge is 2.17. The second-order valence-electron chi connectivity index (χ2n) is 6.56. The third-order valence-corrected chi connectivity index (χ3v) is 4.74. The van der Waals surface area contributed by atoms with Gasteiger partial charge < -0.3 is 10.4 Å². The molecule has 0 aliphatic heterocycles. The lowest BCUT2D eigenvalue weighted by Crippen LogP contribution is -2.15. The number of aromatic carboxylic acids is 1. The first-order valence-corrected chi connectivity index (χ1v) is 9.26. The molecule has 2 N–H and O–H groups in total. The van der Waals surface area contributed by atoms with Crippen molar-refractivity contribution >= 4 is 52.0 Å². The van der Waals surface area contributed by atoms with Gasteiger partial charge in [-0.3, -0.25) is 4.79 Å². The Balaban J connectivity index is 2.20. The molecule has 2 aromatic rings. The highest BCUT2D eigenvalue weighted by atomic mass is 35.5. The molecule has 0 amide bonds. The van der Waals surface area contributed by atoms with Crippen molar-refractivity contribution in [1.29, 1.82) is 0 Å². The Labute approximate surface area is 166 Å². The molecule has 1 heterocycles. The molecular formula is C19H17Cl2NO3S. The summed E-state index contributed by atoms with van der Waals surface area (Å²) in [6.07, 6.45) is 0. The van der Waals surface area contributed by atoms with Gasteiger partial charge in [0.2, 0.25) is 0 Å². The molecular weight excluding hydrogens is 393 g/mol. The number of carbonyl (C=O) groups excluding carboxylic acids is 1. The van der Waals surface area contributed by atoms with E-state index in [0.29, 0.717) is 21.2 Å². The van der Waals surface area contributed by atoms with Gasteiger partial charge in [0.25, 0.3) is 0 Å². The summed E-state index contributed by atoms with van der Waals surface area (Å²) in [5, 5.41) is 12.9. The van der Waals surface area contributed by atoms with E-state index in [4.69, 9.17) is 23.2 Å². The summed E-state index contributed by atoms with van der Waals surface area (Å²) in [6.45, 7) is 5.82. The molecule has 26 heavy (non-hydrogen) atoms. The summed E-state index contributed by atoms with van der Waals surface area (Å²) in [5.74, 6) is 4.71. The number of carbonyl (C=O) groups is 2. The van der Waals surface area contributed by atoms with Gasteiger partial charge in [0, 0.05) is 16.0 Å². The molecule has 0 bridgehead atoms. The zero-order chi connectivity index (χ0) is 19.5. The number of halogens is 2. The molecule has 0 atom stereocenters. The summed E-state index contributed by atoms with van der Waals surface area (Å²) < 4.78 is 0. The monoisotopic (exact) mass is 409 g/mol. The van der Waals surface area contributed by atoms with Gasteiger partial charge >= 0.3 is 5.97 Å². The van der Waals surface area contributed by atoms with Crippen molar-refractivity contribution in [2.45, 2.75) is 20.8 Å². The summed E-state index contributed by atoms with van der Waals surface area (Å²) in [7, 11) is 0. The Morgan fingerprint density at radius 2 is 1.92 bits per heavy atom. The average Bonchev–Trinajstić information content (AvgIpc) is 2.93. The normalized spacial score (nSPS) is 10.8. The molecule has 136 valence electrons. The number of carboxylic acids is 1. The Kier molecular flexibility index (Phi) is 6.35. The van der Waals surface area contributed by atoms with Crippen LogP contribution in [-0.4, -0.2) is 23.4 Å². The van der Waals surface area contributed by atoms with Crippen LogP contribution in [0.3, 0.4) is 0 Å². The first kappa shape index (κ1) is 20.3. The quantitative estimate of drug-likeness (QED) is 0.509. The predicted molar refractivity (Wildman–Crippen MR) is 107 cm³/mol. The molecule has 0 unspecified atom stereocenters. The van der Waals surface area contributed by atoms with Crippen LogP contribution in [0.15, 0.2) is 24.3 Å². The first-order chi connectivity index (χ1) is 12.1. The molecule has 0 spiro atoms. The van der Waals surface area contributed by atoms with Crippen LogP contribution in [0.4, 0.5) is 5.69 Å². The maximum absolute atomic E-state index is 12.3. The summed E-state index contributed by atoms with van der Waals surface area (Å²) in [6, 6.07) is 6.25. The maximum Gasteiger partial charge on any atom is 0.348 e. The molecule has 0 radical (unpaired) electrons. The van der Waals surface area contributed by atoms with Crippen LogP contribution in [0.1, 0.15) is 45.7 Å². The van der Waals surface area contributed by atoms with Gasteiger partial charge in [0.05, 0.1) is 22.1 Å². The van der Waals surface area contributed by atoms with E-state index in [9.17, 15) is 14.7 Å². The average molecular weight is 410 g/mol. The van der Waals surface area contributed by atoms with Crippen molar-refractivity contribution in [3.8, 4) is 11.8 Å². The number of anilines is 1. The number of rotatable bonds is 5. The molecule has 0 aliphatic rings. The number of Topliss-reactive ketones (excluding diaryl/α,β-unsaturated/α-hetero) is 1. The molecule has 0 aliphatic carbocycles. The summed E-state index contributed by atoms with van der Waals surface area (Å²) in [4.78, 5) is 24.5. The second-order valence-corrected chi connectivity index (χ2v) is 8.46. The molecule has 4 nitrogen and oxygen atoms in total. The van der Waals surface area contributed by atoms with Crippen molar-refractivity contribution in [3.05, 3.63) is 49.6 Å². The van der Waals surface area contributed by atoms with Crippen LogP contribution in [0.25, 0.3) is 0 Å². The van der Waals surface area contributed by atoms with Crippen molar-refractivity contribution in [2.75, 3.05) is 11.9 Å². The minimum atomic E-state index is -1.07. The van der Waals surface area contributed by atoms with E-state index in [1.165, 1.54) is 6.07 Å². The third kappa shape index (κ3) is 5.50. The molecule has 7 heteroatoms. The van der Waals surface area contributed by atoms with Crippen molar-refractivity contribution < 1.29 is 14.7 Å². The fourth-order valence-electron chi connectivity index (χ4n) is 1.98. The number of carboxylic acid groups (broad SMARTS) is 1. The molecule has 2 rings (SSSR count). The number of thiophene rings is 1. The lowest BCUT2D eigenvalue weighted by Gasteiger charge is -2.07. The highest BCUT2D eigenvalue weighted by Crippen LogP contribution is 2.28. The van der Waals surface area contributed by atoms with Crippen LogP contribution in [0, 0.1) is 17.3 Å². The molecule has 0 saturated carbocycles. The van der Waals surface area contributed by atoms with E-state index in [0.717, 1.165) is 11.3 Å². The standard InChI is InChI=1S/C19H17Cl2NO3S/c1-19(2,3)7-6-12-9-15(17(26-12)18(24)25)22-10-16(23)13-5-4-11(20)8-14(13)21/h4-5,8-9,22H,10H2,1-3H3,(H,24,25). The van der Waals surface area contributed by atoms with Crippen LogP contribution in [-0.2, 0) is 0 Å². The summed E-state index contributed by atoms with van der Waals surface area (Å²) >= 11 is 12.9. The maximum atomic E-state index is 12.3. The van der Waals surface area contributed by atoms with Crippen molar-refractivity contribution in [2.24, 2.45) is 5.41 Å². The SMILES string of the molecule is CC(C)(C)C#Cc1cc(NCC(=O)c2ccc(Cl)cc2Cl)c(C(=O)O)s1. The van der Waals surface area contributed by atoms with E-state index in [1.54, 1.807) is 18.2 Å².